The molecule has 3 nitrogen and oxygen atoms in total. The van der Waals surface area contributed by atoms with Gasteiger partial charge in [-0.05, 0) is 55.7 Å². The van der Waals surface area contributed by atoms with Crippen LogP contribution >= 0.6 is 11.6 Å². The van der Waals surface area contributed by atoms with Crippen LogP contribution in [0.15, 0.2) is 24.3 Å². The van der Waals surface area contributed by atoms with Gasteiger partial charge in [0.25, 0.3) is 0 Å². The highest BCUT2D eigenvalue weighted by atomic mass is 35.5. The van der Waals surface area contributed by atoms with Crippen LogP contribution in [-0.4, -0.2) is 36.6 Å². The fraction of sp³-hybridized carbons (Fsp3) is 0.611. The lowest BCUT2D eigenvalue weighted by atomic mass is 9.72. The van der Waals surface area contributed by atoms with E-state index in [1.807, 2.05) is 24.3 Å². The number of piperidine rings is 1. The van der Waals surface area contributed by atoms with E-state index in [4.69, 9.17) is 16.3 Å². The van der Waals surface area contributed by atoms with Crippen molar-refractivity contribution in [3.8, 4) is 0 Å². The van der Waals surface area contributed by atoms with Crippen LogP contribution in [0.2, 0.25) is 5.02 Å². The molecule has 2 atom stereocenters. The van der Waals surface area contributed by atoms with Gasteiger partial charge in [-0.25, -0.2) is 0 Å². The zero-order chi connectivity index (χ0) is 15.2. The van der Waals surface area contributed by atoms with Crippen molar-refractivity contribution in [2.24, 2.45) is 5.92 Å². The summed E-state index contributed by atoms with van der Waals surface area (Å²) in [6.45, 7) is 2.28. The maximum absolute atomic E-state index is 13.4. The van der Waals surface area contributed by atoms with Gasteiger partial charge in [-0.2, -0.15) is 0 Å². The first kappa shape index (κ1) is 14.5. The molecule has 0 unspecified atom stereocenters. The van der Waals surface area contributed by atoms with Gasteiger partial charge in [0.15, 0.2) is 0 Å². The zero-order valence-electron chi connectivity index (χ0n) is 12.8. The summed E-state index contributed by atoms with van der Waals surface area (Å²) >= 11 is 6.03. The lowest BCUT2D eigenvalue weighted by molar-refractivity contribution is -0.143. The Balaban J connectivity index is 1.68. The van der Waals surface area contributed by atoms with Crippen molar-refractivity contribution in [2.75, 3.05) is 19.8 Å². The molecule has 1 aliphatic carbocycles. The van der Waals surface area contributed by atoms with E-state index in [-0.39, 0.29) is 0 Å². The maximum Gasteiger partial charge on any atom is 0.233 e. The molecule has 0 spiro atoms. The molecule has 2 bridgehead atoms. The van der Waals surface area contributed by atoms with Crippen molar-refractivity contribution in [2.45, 2.75) is 43.6 Å². The van der Waals surface area contributed by atoms with E-state index < -0.39 is 5.41 Å². The van der Waals surface area contributed by atoms with E-state index in [1.165, 1.54) is 19.3 Å². The largest absolute Gasteiger partial charge is 0.381 e. The molecule has 118 valence electrons. The molecule has 0 N–H and O–H groups in total. The van der Waals surface area contributed by atoms with Gasteiger partial charge in [0, 0.05) is 30.8 Å². The number of carbonyl (C=O) groups is 1. The quantitative estimate of drug-likeness (QED) is 0.836. The fourth-order valence-corrected chi connectivity index (χ4v) is 4.69. The van der Waals surface area contributed by atoms with Crippen LogP contribution in [0.5, 0.6) is 0 Å². The highest BCUT2D eigenvalue weighted by molar-refractivity contribution is 6.30. The first-order valence-electron chi connectivity index (χ1n) is 8.34. The number of ether oxygens (including phenoxy) is 1. The molecule has 1 amide bonds. The molecule has 1 aromatic carbocycles. The Labute approximate surface area is 136 Å². The van der Waals surface area contributed by atoms with Crippen LogP contribution in [0.25, 0.3) is 0 Å². The minimum atomic E-state index is -0.409. The number of rotatable bonds is 2. The number of hydrogen-bond acceptors (Lipinski definition) is 2. The van der Waals surface area contributed by atoms with Crippen molar-refractivity contribution >= 4 is 17.5 Å². The summed E-state index contributed by atoms with van der Waals surface area (Å²) in [4.78, 5) is 15.6. The molecule has 0 radical (unpaired) electrons. The Morgan fingerprint density at radius 1 is 1.18 bits per heavy atom. The highest BCUT2D eigenvalue weighted by Gasteiger charge is 2.49. The Morgan fingerprint density at radius 2 is 1.91 bits per heavy atom. The van der Waals surface area contributed by atoms with Crippen LogP contribution in [0.3, 0.4) is 0 Å². The van der Waals surface area contributed by atoms with E-state index in [9.17, 15) is 4.79 Å². The van der Waals surface area contributed by atoms with Gasteiger partial charge in [-0.3, -0.25) is 4.79 Å². The summed E-state index contributed by atoms with van der Waals surface area (Å²) in [7, 11) is 0. The third-order valence-electron chi connectivity index (χ3n) is 5.82. The number of likely N-dealkylation sites (tertiary alicyclic amines) is 1. The minimum Gasteiger partial charge on any atom is -0.381 e. The van der Waals surface area contributed by atoms with Crippen molar-refractivity contribution < 1.29 is 9.53 Å². The molecule has 3 aliphatic rings. The molecular weight excluding hydrogens is 298 g/mol. The molecule has 2 heterocycles. The Morgan fingerprint density at radius 3 is 2.50 bits per heavy atom. The Kier molecular flexibility index (Phi) is 3.66. The Bertz CT molecular complexity index is 565. The van der Waals surface area contributed by atoms with E-state index >= 15 is 0 Å². The second-order valence-corrected chi connectivity index (χ2v) is 7.43. The second kappa shape index (κ2) is 5.54. The van der Waals surface area contributed by atoms with Gasteiger partial charge in [-0.1, -0.05) is 23.7 Å². The topological polar surface area (TPSA) is 29.5 Å². The van der Waals surface area contributed by atoms with Gasteiger partial charge in [0.2, 0.25) is 5.91 Å². The third kappa shape index (κ3) is 2.26. The number of carbonyl (C=O) groups excluding carboxylic acids is 1. The smallest absolute Gasteiger partial charge is 0.233 e. The monoisotopic (exact) mass is 319 g/mol. The second-order valence-electron chi connectivity index (χ2n) is 6.99. The van der Waals surface area contributed by atoms with Gasteiger partial charge in [-0.15, -0.1) is 0 Å². The molecule has 22 heavy (non-hydrogen) atoms. The number of amides is 1. The third-order valence-corrected chi connectivity index (χ3v) is 6.07. The summed E-state index contributed by atoms with van der Waals surface area (Å²) in [6.07, 6.45) is 5.25. The Hall–Kier alpha value is -1.06. The first-order valence-corrected chi connectivity index (χ1v) is 8.72. The average molecular weight is 320 g/mol. The van der Waals surface area contributed by atoms with E-state index in [0.717, 1.165) is 35.9 Å². The van der Waals surface area contributed by atoms with Crippen molar-refractivity contribution in [3.63, 3.8) is 0 Å². The zero-order valence-corrected chi connectivity index (χ0v) is 13.5. The van der Waals surface area contributed by atoms with E-state index in [0.29, 0.717) is 25.2 Å². The number of nitrogens with zero attached hydrogens (tertiary/aromatic N) is 1. The molecule has 1 saturated carbocycles. The number of benzene rings is 1. The van der Waals surface area contributed by atoms with Crippen LogP contribution in [0, 0.1) is 5.92 Å². The van der Waals surface area contributed by atoms with Crippen LogP contribution in [-0.2, 0) is 14.9 Å². The van der Waals surface area contributed by atoms with Crippen molar-refractivity contribution in [3.05, 3.63) is 34.9 Å². The van der Waals surface area contributed by atoms with Crippen LogP contribution < -0.4 is 0 Å². The van der Waals surface area contributed by atoms with Crippen LogP contribution in [0.1, 0.15) is 37.7 Å². The molecule has 0 aromatic heterocycles. The number of hydrogen-bond donors (Lipinski definition) is 0. The maximum atomic E-state index is 13.4. The van der Waals surface area contributed by atoms with Gasteiger partial charge < -0.3 is 9.64 Å². The molecule has 3 fully saturated rings. The first-order chi connectivity index (χ1) is 10.7. The summed E-state index contributed by atoms with van der Waals surface area (Å²) in [5, 5.41) is 0.721. The standard InChI is InChI=1S/C18H22ClNO2/c19-15-4-2-14(3-5-15)18(7-9-22-10-8-18)17(21)20-12-13-1-6-16(20)11-13/h2-5,13,16H,1,6-12H2/t13-,16-/m0/s1. The average Bonchev–Trinajstić information content (AvgIpc) is 3.18. The van der Waals surface area contributed by atoms with Crippen molar-refractivity contribution in [1.29, 1.82) is 0 Å². The van der Waals surface area contributed by atoms with Gasteiger partial charge >= 0.3 is 0 Å². The SMILES string of the molecule is O=C(N1C[C@H]2CC[C@H]1C2)C1(c2ccc(Cl)cc2)CCOCC1. The molecule has 2 aliphatic heterocycles. The van der Waals surface area contributed by atoms with Crippen LogP contribution in [0.4, 0.5) is 0 Å². The molecule has 4 heteroatoms. The number of halogens is 1. The molecule has 4 rings (SSSR count). The summed E-state index contributed by atoms with van der Waals surface area (Å²) < 4.78 is 5.55. The molecule has 2 saturated heterocycles. The predicted octanol–water partition coefficient (Wildman–Crippen LogP) is 3.40. The minimum absolute atomic E-state index is 0.324. The fourth-order valence-electron chi connectivity index (χ4n) is 4.56. The molecule has 1 aromatic rings. The summed E-state index contributed by atoms with van der Waals surface area (Å²) in [5.74, 6) is 1.06. The van der Waals surface area contributed by atoms with Gasteiger partial charge in [0.1, 0.15) is 0 Å². The van der Waals surface area contributed by atoms with Gasteiger partial charge in [0.05, 0.1) is 5.41 Å². The lowest BCUT2D eigenvalue weighted by Crippen LogP contribution is -2.52. The number of fused-ring (bicyclic) bond motifs is 2. The van der Waals surface area contributed by atoms with E-state index in [1.54, 1.807) is 0 Å². The predicted molar refractivity (Wildman–Crippen MR) is 86.0 cm³/mol. The van der Waals surface area contributed by atoms with Crippen molar-refractivity contribution in [1.82, 2.24) is 4.90 Å². The normalized spacial score (nSPS) is 29.8. The lowest BCUT2D eigenvalue weighted by Gasteiger charge is -2.41. The summed E-state index contributed by atoms with van der Waals surface area (Å²) in [6, 6.07) is 8.33. The summed E-state index contributed by atoms with van der Waals surface area (Å²) in [5.41, 5.74) is 0.695. The highest BCUT2D eigenvalue weighted by Crippen LogP contribution is 2.43. The molecular formula is C18H22ClNO2. The van der Waals surface area contributed by atoms with E-state index in [2.05, 4.69) is 4.90 Å².